The van der Waals surface area contributed by atoms with Crippen molar-refractivity contribution in [3.05, 3.63) is 41.4 Å². The van der Waals surface area contributed by atoms with Gasteiger partial charge in [-0.1, -0.05) is 29.8 Å². The minimum absolute atomic E-state index is 0.0469. The molecule has 152 valence electrons. The van der Waals surface area contributed by atoms with Crippen LogP contribution in [0.1, 0.15) is 6.42 Å². The Labute approximate surface area is 169 Å². The van der Waals surface area contributed by atoms with E-state index < -0.39 is 42.4 Å². The number of anilines is 1. The topological polar surface area (TPSA) is 57.7 Å². The molecule has 2 bridgehead atoms. The molecule has 0 N–H and O–H groups in total. The molecule has 9 heteroatoms. The van der Waals surface area contributed by atoms with Crippen LogP contribution in [-0.2, 0) is 14.4 Å². The molecule has 0 unspecified atom stereocenters. The Morgan fingerprint density at radius 1 is 1.10 bits per heavy atom. The van der Waals surface area contributed by atoms with E-state index in [9.17, 15) is 27.6 Å². The van der Waals surface area contributed by atoms with Gasteiger partial charge in [0.25, 0.3) is 0 Å². The van der Waals surface area contributed by atoms with Crippen LogP contribution in [-0.4, -0.2) is 35.5 Å². The summed E-state index contributed by atoms with van der Waals surface area (Å²) in [4.78, 5) is 39.4. The highest BCUT2D eigenvalue weighted by atomic mass is 35.5. The summed E-state index contributed by atoms with van der Waals surface area (Å²) in [6.45, 7) is -0.780. The summed E-state index contributed by atoms with van der Waals surface area (Å²) in [5, 5.41) is 0.137. The number of carbonyl (C=O) groups is 3. The second-order valence-electron chi connectivity index (χ2n) is 8.11. The van der Waals surface area contributed by atoms with Gasteiger partial charge in [-0.3, -0.25) is 24.2 Å². The summed E-state index contributed by atoms with van der Waals surface area (Å²) < 4.78 is 39.7. The van der Waals surface area contributed by atoms with Crippen molar-refractivity contribution in [1.82, 2.24) is 4.90 Å². The van der Waals surface area contributed by atoms with Crippen molar-refractivity contribution >= 4 is 35.0 Å². The molecule has 6 rings (SSSR count). The number of halogens is 4. The molecule has 0 spiro atoms. The van der Waals surface area contributed by atoms with Crippen molar-refractivity contribution in [2.75, 3.05) is 11.6 Å². The van der Waals surface area contributed by atoms with Crippen molar-refractivity contribution in [2.45, 2.75) is 12.6 Å². The van der Waals surface area contributed by atoms with Crippen LogP contribution in [0.4, 0.5) is 18.9 Å². The molecule has 1 heterocycles. The van der Waals surface area contributed by atoms with E-state index in [0.717, 1.165) is 11.3 Å². The number of alkyl halides is 3. The predicted molar refractivity (Wildman–Crippen MR) is 96.4 cm³/mol. The third-order valence-corrected chi connectivity index (χ3v) is 6.88. The standard InChI is InChI=1S/C20H16ClF3N2O3/c21-9-2-1-3-10(6-9)25(19(29)20(22,23)24)8-26-17(27)15-11-4-5-12(14-7-13(11)14)16(15)18(26)28/h1-6,11-16H,7-8H2/t11-,12-,13-,14-,15-,16+/m1/s1. The van der Waals surface area contributed by atoms with Gasteiger partial charge < -0.3 is 0 Å². The van der Waals surface area contributed by atoms with Crippen molar-refractivity contribution in [2.24, 2.45) is 35.5 Å². The summed E-state index contributed by atoms with van der Waals surface area (Å²) in [5.74, 6) is -3.55. The molecule has 3 amide bonds. The average molecular weight is 425 g/mol. The summed E-state index contributed by atoms with van der Waals surface area (Å²) in [6, 6.07) is 5.34. The lowest BCUT2D eigenvalue weighted by atomic mass is 9.63. The van der Waals surface area contributed by atoms with Crippen LogP contribution in [0.3, 0.4) is 0 Å². The van der Waals surface area contributed by atoms with Gasteiger partial charge >= 0.3 is 12.1 Å². The van der Waals surface area contributed by atoms with E-state index in [2.05, 4.69) is 0 Å². The maximum absolute atomic E-state index is 13.2. The van der Waals surface area contributed by atoms with E-state index in [4.69, 9.17) is 11.6 Å². The summed E-state index contributed by atoms with van der Waals surface area (Å²) in [5.41, 5.74) is -0.126. The lowest BCUT2D eigenvalue weighted by Gasteiger charge is -2.37. The molecule has 6 atom stereocenters. The number of hydrogen-bond acceptors (Lipinski definition) is 3. The number of amides is 3. The van der Waals surface area contributed by atoms with Crippen LogP contribution in [0.2, 0.25) is 5.02 Å². The first-order valence-electron chi connectivity index (χ1n) is 9.36. The third kappa shape index (κ3) is 2.72. The number of hydrogen-bond donors (Lipinski definition) is 0. The molecule has 0 radical (unpaired) electrons. The molecule has 4 aliphatic carbocycles. The number of rotatable bonds is 3. The molecule has 5 aliphatic rings. The highest BCUT2D eigenvalue weighted by Crippen LogP contribution is 2.65. The number of imide groups is 1. The maximum Gasteiger partial charge on any atom is 0.471 e. The average Bonchev–Trinajstić information content (AvgIpc) is 3.44. The highest BCUT2D eigenvalue weighted by Gasteiger charge is 2.67. The van der Waals surface area contributed by atoms with Crippen molar-refractivity contribution in [3.63, 3.8) is 0 Å². The molecule has 5 nitrogen and oxygen atoms in total. The van der Waals surface area contributed by atoms with Crippen LogP contribution >= 0.6 is 11.6 Å². The zero-order valence-electron chi connectivity index (χ0n) is 15.0. The minimum atomic E-state index is -5.16. The Bertz CT molecular complexity index is 927. The van der Waals surface area contributed by atoms with Gasteiger partial charge in [0, 0.05) is 10.7 Å². The van der Waals surface area contributed by atoms with E-state index in [1.165, 1.54) is 24.3 Å². The van der Waals surface area contributed by atoms with Crippen molar-refractivity contribution in [1.29, 1.82) is 0 Å². The summed E-state index contributed by atoms with van der Waals surface area (Å²) in [7, 11) is 0. The summed E-state index contributed by atoms with van der Waals surface area (Å²) in [6.07, 6.45) is -0.227. The monoisotopic (exact) mass is 424 g/mol. The zero-order chi connectivity index (χ0) is 20.7. The van der Waals surface area contributed by atoms with Crippen LogP contribution in [0, 0.1) is 35.5 Å². The smallest absolute Gasteiger partial charge is 0.286 e. The Hall–Kier alpha value is -2.35. The fraction of sp³-hybridized carbons (Fsp3) is 0.450. The van der Waals surface area contributed by atoms with Gasteiger partial charge in [-0.2, -0.15) is 13.2 Å². The highest BCUT2D eigenvalue weighted by molar-refractivity contribution is 6.31. The normalized spacial score (nSPS) is 34.3. The van der Waals surface area contributed by atoms with Crippen molar-refractivity contribution in [3.8, 4) is 0 Å². The molecule has 1 aliphatic heterocycles. The number of nitrogens with zero attached hydrogens (tertiary/aromatic N) is 2. The fourth-order valence-corrected chi connectivity index (χ4v) is 5.54. The number of allylic oxidation sites excluding steroid dienone is 2. The van der Waals surface area contributed by atoms with Gasteiger partial charge in [0.1, 0.15) is 6.67 Å². The largest absolute Gasteiger partial charge is 0.471 e. The Morgan fingerprint density at radius 2 is 1.69 bits per heavy atom. The van der Waals surface area contributed by atoms with Gasteiger partial charge in [-0.15, -0.1) is 0 Å². The Balaban J connectivity index is 1.47. The van der Waals surface area contributed by atoms with Gasteiger partial charge in [0.2, 0.25) is 11.8 Å². The van der Waals surface area contributed by atoms with E-state index >= 15 is 0 Å². The molecular formula is C20H16ClF3N2O3. The lowest BCUT2D eigenvalue weighted by molar-refractivity contribution is -0.171. The summed E-state index contributed by atoms with van der Waals surface area (Å²) >= 11 is 5.87. The number of carbonyl (C=O) groups excluding carboxylic acids is 3. The molecule has 29 heavy (non-hydrogen) atoms. The molecule has 0 aromatic heterocycles. The molecule has 1 aromatic carbocycles. The first-order valence-corrected chi connectivity index (χ1v) is 9.74. The van der Waals surface area contributed by atoms with Crippen molar-refractivity contribution < 1.29 is 27.6 Å². The molecule has 2 saturated carbocycles. The van der Waals surface area contributed by atoms with Crippen LogP contribution in [0.15, 0.2) is 36.4 Å². The number of likely N-dealkylation sites (tertiary alicyclic amines) is 1. The van der Waals surface area contributed by atoms with Gasteiger partial charge in [-0.25, -0.2) is 0 Å². The zero-order valence-corrected chi connectivity index (χ0v) is 15.7. The van der Waals surface area contributed by atoms with Gasteiger partial charge in [0.15, 0.2) is 0 Å². The second-order valence-corrected chi connectivity index (χ2v) is 8.55. The molecular weight excluding hydrogens is 409 g/mol. The van der Waals surface area contributed by atoms with Crippen LogP contribution in [0.5, 0.6) is 0 Å². The van der Waals surface area contributed by atoms with Crippen LogP contribution < -0.4 is 4.90 Å². The van der Waals surface area contributed by atoms with E-state index in [0.29, 0.717) is 16.7 Å². The third-order valence-electron chi connectivity index (χ3n) is 6.64. The van der Waals surface area contributed by atoms with Gasteiger partial charge in [0.05, 0.1) is 11.8 Å². The Morgan fingerprint density at radius 3 is 2.21 bits per heavy atom. The first kappa shape index (κ1) is 18.7. The molecule has 1 aromatic rings. The Kier molecular flexibility index (Phi) is 3.91. The van der Waals surface area contributed by atoms with Gasteiger partial charge in [-0.05, 0) is 48.3 Å². The second kappa shape index (κ2) is 6.08. The molecule has 3 fully saturated rings. The van der Waals surface area contributed by atoms with E-state index in [1.807, 2.05) is 12.2 Å². The SMILES string of the molecule is O=C1[C@@H]2[C@@H]3C=C[C@H]([C@H]4C[C@H]34)[C@@H]2C(=O)N1CN(C(=O)C(F)(F)F)c1cccc(Cl)c1. The predicted octanol–water partition coefficient (Wildman–Crippen LogP) is 3.25. The minimum Gasteiger partial charge on any atom is -0.286 e. The quantitative estimate of drug-likeness (QED) is 0.553. The van der Waals surface area contributed by atoms with Crippen LogP contribution in [0.25, 0.3) is 0 Å². The first-order chi connectivity index (χ1) is 13.7. The number of benzene rings is 1. The van der Waals surface area contributed by atoms with E-state index in [-0.39, 0.29) is 22.5 Å². The fourth-order valence-electron chi connectivity index (χ4n) is 5.36. The molecule has 1 saturated heterocycles. The van der Waals surface area contributed by atoms with E-state index in [1.54, 1.807) is 0 Å². The lowest BCUT2D eigenvalue weighted by Crippen LogP contribution is -2.49. The maximum atomic E-state index is 13.2.